The number of hydrogen-bond acceptors (Lipinski definition) is 2. The monoisotopic (exact) mass is 133 g/mol. The molecule has 54 valence electrons. The Labute approximate surface area is 53.4 Å². The molecule has 4 heteroatoms. The van der Waals surface area contributed by atoms with Crippen molar-refractivity contribution >= 4 is 5.91 Å². The molecule has 1 unspecified atom stereocenters. The molecular formula is C5H11NO3. The Bertz CT molecular complexity index is 115. The summed E-state index contributed by atoms with van der Waals surface area (Å²) in [6, 6.07) is 0. The molecule has 1 fully saturated rings. The Balaban J connectivity index is 0.000000640. The number of carbonyl (C=O) groups is 1. The van der Waals surface area contributed by atoms with Crippen molar-refractivity contribution in [2.45, 2.75) is 19.1 Å². The summed E-state index contributed by atoms with van der Waals surface area (Å²) in [5.41, 5.74) is 0. The lowest BCUT2D eigenvalue weighted by molar-refractivity contribution is -0.131. The van der Waals surface area contributed by atoms with E-state index in [0.717, 1.165) is 0 Å². The molecule has 1 atom stereocenters. The van der Waals surface area contributed by atoms with Crippen LogP contribution in [-0.2, 0) is 4.79 Å². The van der Waals surface area contributed by atoms with Crippen LogP contribution in [0.4, 0.5) is 0 Å². The van der Waals surface area contributed by atoms with Crippen LogP contribution in [0.2, 0.25) is 0 Å². The minimum absolute atomic E-state index is 0. The van der Waals surface area contributed by atoms with E-state index in [2.05, 4.69) is 0 Å². The molecule has 3 N–H and O–H groups in total. The topological polar surface area (TPSA) is 72.0 Å². The van der Waals surface area contributed by atoms with Gasteiger partial charge in [-0.25, -0.2) is 0 Å². The Morgan fingerprint density at radius 2 is 2.33 bits per heavy atom. The van der Waals surface area contributed by atoms with Crippen LogP contribution in [0.25, 0.3) is 0 Å². The molecule has 1 rings (SSSR count). The van der Waals surface area contributed by atoms with Gasteiger partial charge in [0.1, 0.15) is 6.23 Å². The van der Waals surface area contributed by atoms with Crippen molar-refractivity contribution in [3.05, 3.63) is 0 Å². The highest BCUT2D eigenvalue weighted by Gasteiger charge is 2.24. The first-order chi connectivity index (χ1) is 3.72. The highest BCUT2D eigenvalue weighted by atomic mass is 16.3. The van der Waals surface area contributed by atoms with E-state index in [1.54, 1.807) is 7.05 Å². The van der Waals surface area contributed by atoms with Crippen LogP contribution < -0.4 is 0 Å². The van der Waals surface area contributed by atoms with Crippen molar-refractivity contribution in [3.8, 4) is 0 Å². The van der Waals surface area contributed by atoms with E-state index in [1.807, 2.05) is 0 Å². The SMILES string of the molecule is CN1C(=O)CCC1O.O. The van der Waals surface area contributed by atoms with Gasteiger partial charge < -0.3 is 15.5 Å². The van der Waals surface area contributed by atoms with Crippen LogP contribution in [-0.4, -0.2) is 34.7 Å². The number of aliphatic hydroxyl groups excluding tert-OH is 1. The minimum atomic E-state index is -0.525. The third-order valence-electron chi connectivity index (χ3n) is 1.46. The summed E-state index contributed by atoms with van der Waals surface area (Å²) in [6.45, 7) is 0. The first-order valence-corrected chi connectivity index (χ1v) is 2.65. The standard InChI is InChI=1S/C5H9NO2.H2O/c1-6-4(7)2-3-5(6)8;/h4,7H,2-3H2,1H3;1H2. The zero-order valence-corrected chi connectivity index (χ0v) is 5.29. The molecule has 1 saturated heterocycles. The van der Waals surface area contributed by atoms with E-state index >= 15 is 0 Å². The van der Waals surface area contributed by atoms with Gasteiger partial charge in [0.25, 0.3) is 0 Å². The number of likely N-dealkylation sites (tertiary alicyclic amines) is 1. The van der Waals surface area contributed by atoms with E-state index in [-0.39, 0.29) is 11.4 Å². The van der Waals surface area contributed by atoms with Gasteiger partial charge in [-0.15, -0.1) is 0 Å². The second-order valence-corrected chi connectivity index (χ2v) is 2.02. The van der Waals surface area contributed by atoms with Gasteiger partial charge in [-0.05, 0) is 0 Å². The molecule has 0 aromatic rings. The summed E-state index contributed by atoms with van der Waals surface area (Å²) in [5, 5.41) is 8.87. The van der Waals surface area contributed by atoms with Crippen LogP contribution in [0, 0.1) is 0 Å². The van der Waals surface area contributed by atoms with Gasteiger partial charge >= 0.3 is 0 Å². The van der Waals surface area contributed by atoms with Crippen molar-refractivity contribution in [2.75, 3.05) is 7.05 Å². The average Bonchev–Trinajstić information content (AvgIpc) is 1.98. The van der Waals surface area contributed by atoms with Gasteiger partial charge in [0.15, 0.2) is 0 Å². The normalized spacial score (nSPS) is 26.2. The van der Waals surface area contributed by atoms with Gasteiger partial charge in [-0.2, -0.15) is 0 Å². The van der Waals surface area contributed by atoms with Gasteiger partial charge in [-0.1, -0.05) is 0 Å². The van der Waals surface area contributed by atoms with Crippen molar-refractivity contribution in [2.24, 2.45) is 0 Å². The fourth-order valence-electron chi connectivity index (χ4n) is 0.789. The minimum Gasteiger partial charge on any atom is -0.412 e. The fraction of sp³-hybridized carbons (Fsp3) is 0.800. The summed E-state index contributed by atoms with van der Waals surface area (Å²) in [4.78, 5) is 11.9. The summed E-state index contributed by atoms with van der Waals surface area (Å²) >= 11 is 0. The van der Waals surface area contributed by atoms with Crippen molar-refractivity contribution in [3.63, 3.8) is 0 Å². The van der Waals surface area contributed by atoms with Crippen LogP contribution >= 0.6 is 0 Å². The van der Waals surface area contributed by atoms with Crippen LogP contribution in [0.1, 0.15) is 12.8 Å². The number of nitrogens with zero attached hydrogens (tertiary/aromatic N) is 1. The smallest absolute Gasteiger partial charge is 0.224 e. The molecule has 0 saturated carbocycles. The first-order valence-electron chi connectivity index (χ1n) is 2.65. The lowest BCUT2D eigenvalue weighted by atomic mass is 10.4. The molecule has 0 aromatic carbocycles. The number of amides is 1. The third kappa shape index (κ3) is 1.40. The lowest BCUT2D eigenvalue weighted by Gasteiger charge is -2.11. The zero-order valence-electron chi connectivity index (χ0n) is 5.29. The van der Waals surface area contributed by atoms with E-state index in [1.165, 1.54) is 4.90 Å². The molecule has 0 bridgehead atoms. The Morgan fingerprint density at radius 1 is 1.78 bits per heavy atom. The maximum Gasteiger partial charge on any atom is 0.224 e. The van der Waals surface area contributed by atoms with Crippen LogP contribution in [0.3, 0.4) is 0 Å². The third-order valence-corrected chi connectivity index (χ3v) is 1.46. The van der Waals surface area contributed by atoms with Gasteiger partial charge in [0.2, 0.25) is 5.91 Å². The molecule has 9 heavy (non-hydrogen) atoms. The number of hydrogen-bond donors (Lipinski definition) is 1. The quantitative estimate of drug-likeness (QED) is 0.447. The lowest BCUT2D eigenvalue weighted by Crippen LogP contribution is -2.27. The van der Waals surface area contributed by atoms with E-state index in [9.17, 15) is 4.79 Å². The van der Waals surface area contributed by atoms with Gasteiger partial charge in [0, 0.05) is 19.9 Å². The molecule has 1 aliphatic heterocycles. The summed E-state index contributed by atoms with van der Waals surface area (Å²) < 4.78 is 0. The molecule has 0 aliphatic carbocycles. The Hall–Kier alpha value is -0.610. The molecule has 1 aliphatic rings. The maximum absolute atomic E-state index is 10.6. The van der Waals surface area contributed by atoms with E-state index < -0.39 is 6.23 Å². The molecule has 0 radical (unpaired) electrons. The predicted molar refractivity (Wildman–Crippen MR) is 31.6 cm³/mol. The first kappa shape index (κ1) is 8.39. The summed E-state index contributed by atoms with van der Waals surface area (Å²) in [5.74, 6) is 0.0394. The number of carbonyl (C=O) groups excluding carboxylic acids is 1. The largest absolute Gasteiger partial charge is 0.412 e. The Morgan fingerprint density at radius 3 is 2.44 bits per heavy atom. The summed E-state index contributed by atoms with van der Waals surface area (Å²) in [6.07, 6.45) is 0.565. The average molecular weight is 133 g/mol. The molecular weight excluding hydrogens is 122 g/mol. The van der Waals surface area contributed by atoms with Crippen molar-refractivity contribution in [1.82, 2.24) is 4.90 Å². The highest BCUT2D eigenvalue weighted by molar-refractivity contribution is 5.77. The molecule has 1 amide bonds. The van der Waals surface area contributed by atoms with Gasteiger partial charge in [-0.3, -0.25) is 4.79 Å². The number of aliphatic hydroxyl groups is 1. The second-order valence-electron chi connectivity index (χ2n) is 2.02. The van der Waals surface area contributed by atoms with E-state index in [4.69, 9.17) is 5.11 Å². The predicted octanol–water partition coefficient (Wildman–Crippen LogP) is -1.27. The fourth-order valence-corrected chi connectivity index (χ4v) is 0.789. The van der Waals surface area contributed by atoms with Gasteiger partial charge in [0.05, 0.1) is 0 Å². The second kappa shape index (κ2) is 2.80. The molecule has 1 heterocycles. The summed E-state index contributed by atoms with van der Waals surface area (Å²) in [7, 11) is 1.61. The number of rotatable bonds is 0. The molecule has 4 nitrogen and oxygen atoms in total. The van der Waals surface area contributed by atoms with Crippen LogP contribution in [0.5, 0.6) is 0 Å². The Kier molecular flexibility index (Phi) is 2.61. The van der Waals surface area contributed by atoms with Crippen LogP contribution in [0.15, 0.2) is 0 Å². The van der Waals surface area contributed by atoms with Crippen molar-refractivity contribution in [1.29, 1.82) is 0 Å². The van der Waals surface area contributed by atoms with Crippen molar-refractivity contribution < 1.29 is 15.4 Å². The molecule has 0 spiro atoms. The molecule has 0 aromatic heterocycles. The highest BCUT2D eigenvalue weighted by Crippen LogP contribution is 2.12. The maximum atomic E-state index is 10.6. The van der Waals surface area contributed by atoms with E-state index in [0.29, 0.717) is 12.8 Å². The zero-order chi connectivity index (χ0) is 6.15.